The van der Waals surface area contributed by atoms with Crippen LogP contribution < -0.4 is 16.1 Å². The Kier molecular flexibility index (Phi) is 8.34. The third-order valence-electron chi connectivity index (χ3n) is 7.17. The van der Waals surface area contributed by atoms with Crippen LogP contribution in [0.2, 0.25) is 0 Å². The van der Waals surface area contributed by atoms with Crippen LogP contribution >= 0.6 is 0 Å². The molecule has 39 heavy (non-hydrogen) atoms. The zero-order chi connectivity index (χ0) is 28.3. The SMILES string of the molecule is CC[C@@H]1OC(=O)C(C)(C)/C=C/c2ccc3ccc(nc3c2)[C@@H](C)NC(=O)[C@@H]2CCCN(N2)C(=O)[C@H](C)NC1=O. The van der Waals surface area contributed by atoms with Crippen LogP contribution in [0.15, 0.2) is 36.4 Å². The molecule has 208 valence electrons. The fourth-order valence-electron chi connectivity index (χ4n) is 4.59. The molecule has 1 fully saturated rings. The molecule has 3 N–H and O–H groups in total. The third kappa shape index (κ3) is 6.44. The van der Waals surface area contributed by atoms with Crippen LogP contribution in [0, 0.1) is 5.41 Å². The molecule has 0 saturated carbocycles. The van der Waals surface area contributed by atoms with Crippen LogP contribution in [-0.2, 0) is 23.9 Å². The van der Waals surface area contributed by atoms with Gasteiger partial charge in [-0.25, -0.2) is 5.43 Å². The third-order valence-corrected chi connectivity index (χ3v) is 7.17. The quantitative estimate of drug-likeness (QED) is 0.479. The lowest BCUT2D eigenvalue weighted by Crippen LogP contribution is -2.61. The van der Waals surface area contributed by atoms with E-state index in [1.165, 1.54) is 5.01 Å². The highest BCUT2D eigenvalue weighted by molar-refractivity contribution is 5.91. The number of cyclic esters (lactones) is 1. The smallest absolute Gasteiger partial charge is 0.316 e. The molecule has 4 atom stereocenters. The summed E-state index contributed by atoms with van der Waals surface area (Å²) in [6.45, 7) is 9.02. The summed E-state index contributed by atoms with van der Waals surface area (Å²) in [5.41, 5.74) is 4.31. The van der Waals surface area contributed by atoms with Crippen LogP contribution in [-0.4, -0.2) is 58.4 Å². The van der Waals surface area contributed by atoms with Crippen molar-refractivity contribution in [3.05, 3.63) is 47.7 Å². The molecule has 0 radical (unpaired) electrons. The van der Waals surface area contributed by atoms with E-state index in [0.717, 1.165) is 16.5 Å². The summed E-state index contributed by atoms with van der Waals surface area (Å²) in [5.74, 6) is -1.71. The molecule has 5 bridgehead atoms. The summed E-state index contributed by atoms with van der Waals surface area (Å²) in [4.78, 5) is 57.0. The average Bonchev–Trinajstić information content (AvgIpc) is 2.93. The maximum Gasteiger partial charge on any atom is 0.316 e. The number of nitrogens with one attached hydrogen (secondary N) is 3. The van der Waals surface area contributed by atoms with Gasteiger partial charge in [0, 0.05) is 11.9 Å². The number of pyridine rings is 1. The minimum atomic E-state index is -1.05. The fourth-order valence-corrected chi connectivity index (χ4v) is 4.59. The van der Waals surface area contributed by atoms with Crippen molar-refractivity contribution in [3.63, 3.8) is 0 Å². The van der Waals surface area contributed by atoms with Crippen LogP contribution in [0.25, 0.3) is 17.0 Å². The normalized spacial score (nSPS) is 27.5. The van der Waals surface area contributed by atoms with Crippen molar-refractivity contribution in [1.29, 1.82) is 0 Å². The van der Waals surface area contributed by atoms with Gasteiger partial charge in [-0.15, -0.1) is 0 Å². The molecule has 1 aromatic heterocycles. The lowest BCUT2D eigenvalue weighted by atomic mass is 9.92. The van der Waals surface area contributed by atoms with Gasteiger partial charge >= 0.3 is 5.97 Å². The van der Waals surface area contributed by atoms with E-state index < -0.39 is 35.5 Å². The number of hydrogen-bond acceptors (Lipinski definition) is 7. The first-order valence-corrected chi connectivity index (χ1v) is 13.5. The van der Waals surface area contributed by atoms with E-state index >= 15 is 0 Å². The van der Waals surface area contributed by atoms with Crippen molar-refractivity contribution < 1.29 is 23.9 Å². The Labute approximate surface area is 228 Å². The van der Waals surface area contributed by atoms with E-state index in [9.17, 15) is 19.2 Å². The number of hydrazine groups is 1. The Bertz CT molecular complexity index is 1310. The molecule has 0 spiro atoms. The number of nitrogens with zero attached hydrogens (tertiary/aromatic N) is 2. The molecule has 2 aromatic rings. The number of amides is 3. The van der Waals surface area contributed by atoms with Crippen molar-refractivity contribution in [3.8, 4) is 0 Å². The second-order valence-corrected chi connectivity index (χ2v) is 10.8. The van der Waals surface area contributed by atoms with E-state index in [1.54, 1.807) is 33.8 Å². The van der Waals surface area contributed by atoms with Crippen LogP contribution in [0.1, 0.15) is 71.2 Å². The Morgan fingerprint density at radius 1 is 1.03 bits per heavy atom. The Hall–Kier alpha value is -3.79. The first-order valence-electron chi connectivity index (χ1n) is 13.5. The summed E-state index contributed by atoms with van der Waals surface area (Å²) in [6.07, 6.45) is 3.95. The summed E-state index contributed by atoms with van der Waals surface area (Å²) >= 11 is 0. The number of carbonyl (C=O) groups excluding carboxylic acids is 4. The molecule has 3 amide bonds. The van der Waals surface area contributed by atoms with Gasteiger partial charge in [0.05, 0.1) is 22.7 Å². The Morgan fingerprint density at radius 2 is 1.74 bits per heavy atom. The molecule has 0 aliphatic carbocycles. The highest BCUT2D eigenvalue weighted by Crippen LogP contribution is 2.25. The molecule has 2 aliphatic heterocycles. The summed E-state index contributed by atoms with van der Waals surface area (Å²) < 4.78 is 5.59. The fraction of sp³-hybridized carbons (Fsp3) is 0.483. The summed E-state index contributed by atoms with van der Waals surface area (Å²) in [5, 5.41) is 7.99. The molecule has 10 nitrogen and oxygen atoms in total. The van der Waals surface area contributed by atoms with Crippen LogP contribution in [0.3, 0.4) is 0 Å². The van der Waals surface area contributed by atoms with Crippen molar-refractivity contribution in [1.82, 2.24) is 26.1 Å². The first-order chi connectivity index (χ1) is 18.5. The lowest BCUT2D eigenvalue weighted by molar-refractivity contribution is -0.162. The maximum atomic E-state index is 13.1. The van der Waals surface area contributed by atoms with E-state index in [-0.39, 0.29) is 24.3 Å². The molecular weight excluding hydrogens is 498 g/mol. The highest BCUT2D eigenvalue weighted by atomic mass is 16.5. The summed E-state index contributed by atoms with van der Waals surface area (Å²) in [7, 11) is 0. The molecule has 2 aliphatic rings. The maximum absolute atomic E-state index is 13.1. The number of carbonyl (C=O) groups is 4. The van der Waals surface area contributed by atoms with Gasteiger partial charge in [-0.2, -0.15) is 0 Å². The van der Waals surface area contributed by atoms with Gasteiger partial charge in [0.2, 0.25) is 5.91 Å². The van der Waals surface area contributed by atoms with Crippen molar-refractivity contribution in [2.24, 2.45) is 5.41 Å². The largest absolute Gasteiger partial charge is 0.452 e. The number of benzene rings is 1. The second kappa shape index (κ2) is 11.5. The van der Waals surface area contributed by atoms with Crippen molar-refractivity contribution in [2.45, 2.75) is 78.1 Å². The van der Waals surface area contributed by atoms with Gasteiger partial charge in [0.25, 0.3) is 11.8 Å². The Balaban J connectivity index is 1.69. The van der Waals surface area contributed by atoms with Gasteiger partial charge in [0.15, 0.2) is 6.10 Å². The standard InChI is InChI=1S/C29H37N5O5/c1-6-24-26(36)31-18(3)27(37)34-15-7-8-22(33-34)25(35)30-17(2)21-12-11-20-10-9-19(16-23(20)32-21)13-14-29(4,5)28(38)39-24/h9-14,16-18,22,24,33H,6-8,15H2,1-5H3,(H,30,35)(H,31,36)/b14-13+/t17-,18+,22+,24+/m1/s1. The van der Waals surface area contributed by atoms with Gasteiger partial charge in [-0.05, 0) is 64.7 Å². The number of aromatic nitrogens is 1. The minimum Gasteiger partial charge on any atom is -0.452 e. The molecule has 4 rings (SSSR count). The monoisotopic (exact) mass is 535 g/mol. The molecular formula is C29H37N5O5. The number of rotatable bonds is 1. The minimum absolute atomic E-state index is 0.235. The van der Waals surface area contributed by atoms with Crippen LogP contribution in [0.4, 0.5) is 0 Å². The molecule has 10 heteroatoms. The van der Waals surface area contributed by atoms with Crippen molar-refractivity contribution in [2.75, 3.05) is 6.54 Å². The highest BCUT2D eigenvalue weighted by Gasteiger charge is 2.34. The van der Waals surface area contributed by atoms with Gasteiger partial charge < -0.3 is 15.4 Å². The predicted octanol–water partition coefficient (Wildman–Crippen LogP) is 2.79. The van der Waals surface area contributed by atoms with E-state index in [2.05, 4.69) is 16.1 Å². The van der Waals surface area contributed by atoms with Gasteiger partial charge in [-0.1, -0.05) is 37.3 Å². The molecule has 3 heterocycles. The lowest BCUT2D eigenvalue weighted by Gasteiger charge is -2.35. The summed E-state index contributed by atoms with van der Waals surface area (Å²) in [6, 6.07) is 7.80. The van der Waals surface area contributed by atoms with E-state index in [1.807, 2.05) is 43.3 Å². The Morgan fingerprint density at radius 3 is 2.49 bits per heavy atom. The zero-order valence-corrected chi connectivity index (χ0v) is 23.1. The molecule has 1 aromatic carbocycles. The van der Waals surface area contributed by atoms with E-state index in [0.29, 0.717) is 25.1 Å². The van der Waals surface area contributed by atoms with Gasteiger partial charge in [-0.3, -0.25) is 29.2 Å². The van der Waals surface area contributed by atoms with Gasteiger partial charge in [0.1, 0.15) is 12.1 Å². The molecule has 0 unspecified atom stereocenters. The topological polar surface area (TPSA) is 130 Å². The number of ether oxygens (including phenoxy) is 1. The number of hydrogen-bond donors (Lipinski definition) is 3. The first kappa shape index (κ1) is 28.2. The van der Waals surface area contributed by atoms with Crippen LogP contribution in [0.5, 0.6) is 0 Å². The van der Waals surface area contributed by atoms with Crippen molar-refractivity contribution >= 4 is 40.7 Å². The molecule has 1 saturated heterocycles. The predicted molar refractivity (Wildman–Crippen MR) is 147 cm³/mol. The van der Waals surface area contributed by atoms with E-state index in [4.69, 9.17) is 9.72 Å². The second-order valence-electron chi connectivity index (χ2n) is 10.8. The zero-order valence-electron chi connectivity index (χ0n) is 23.1. The number of fused-ring (bicyclic) bond motifs is 4. The average molecular weight is 536 g/mol. The number of esters is 1.